The lowest BCUT2D eigenvalue weighted by Gasteiger charge is -2.13. The highest BCUT2D eigenvalue weighted by Crippen LogP contribution is 2.32. The normalized spacial score (nSPS) is 11.1. The van der Waals surface area contributed by atoms with E-state index in [1.807, 2.05) is 55.6 Å². The molecule has 7 nitrogen and oxygen atoms in total. The lowest BCUT2D eigenvalue weighted by Crippen LogP contribution is -2.33. The van der Waals surface area contributed by atoms with Gasteiger partial charge < -0.3 is 14.8 Å². The molecule has 0 fully saturated rings. The van der Waals surface area contributed by atoms with Crippen molar-refractivity contribution in [3.8, 4) is 22.6 Å². The van der Waals surface area contributed by atoms with Gasteiger partial charge in [-0.3, -0.25) is 14.2 Å². The minimum Gasteiger partial charge on any atom is -0.490 e. The van der Waals surface area contributed by atoms with E-state index in [2.05, 4.69) is 34.6 Å². The van der Waals surface area contributed by atoms with Crippen molar-refractivity contribution in [1.29, 1.82) is 0 Å². The predicted octanol–water partition coefficient (Wildman–Crippen LogP) is 5.43. The van der Waals surface area contributed by atoms with Crippen LogP contribution >= 0.6 is 11.3 Å². The fraction of sp³-hybridized carbons (Fsp3) is 0.233. The highest BCUT2D eigenvalue weighted by molar-refractivity contribution is 7.17. The van der Waals surface area contributed by atoms with E-state index in [0.717, 1.165) is 27.5 Å². The summed E-state index contributed by atoms with van der Waals surface area (Å²) >= 11 is 1.43. The smallest absolute Gasteiger partial charge is 0.263 e. The minimum atomic E-state index is -0.244. The molecule has 0 unspecified atom stereocenters. The molecule has 3 aromatic carbocycles. The van der Waals surface area contributed by atoms with Crippen molar-refractivity contribution in [3.05, 3.63) is 88.3 Å². The number of amides is 1. The van der Waals surface area contributed by atoms with Crippen LogP contribution < -0.4 is 20.3 Å². The molecule has 8 heteroatoms. The quantitative estimate of drug-likeness (QED) is 0.262. The van der Waals surface area contributed by atoms with Gasteiger partial charge in [0.25, 0.3) is 5.56 Å². The molecular weight excluding hydrogens is 498 g/mol. The third-order valence-electron chi connectivity index (χ3n) is 6.28. The van der Waals surface area contributed by atoms with Crippen LogP contribution in [-0.4, -0.2) is 35.2 Å². The van der Waals surface area contributed by atoms with Gasteiger partial charge in [-0.1, -0.05) is 42.5 Å². The number of benzene rings is 3. The summed E-state index contributed by atoms with van der Waals surface area (Å²) in [5, 5.41) is 7.66. The molecule has 0 atom stereocenters. The Morgan fingerprint density at radius 1 is 0.974 bits per heavy atom. The Morgan fingerprint density at radius 2 is 1.76 bits per heavy atom. The van der Waals surface area contributed by atoms with Crippen LogP contribution in [0.25, 0.3) is 32.1 Å². The van der Waals surface area contributed by atoms with Crippen molar-refractivity contribution in [2.24, 2.45) is 0 Å². The van der Waals surface area contributed by atoms with Crippen molar-refractivity contribution < 1.29 is 14.3 Å². The summed E-state index contributed by atoms with van der Waals surface area (Å²) < 4.78 is 12.7. The monoisotopic (exact) mass is 527 g/mol. The highest BCUT2D eigenvalue weighted by Gasteiger charge is 2.15. The molecule has 0 bridgehead atoms. The molecule has 2 aromatic heterocycles. The van der Waals surface area contributed by atoms with Gasteiger partial charge in [0.1, 0.15) is 11.4 Å². The molecule has 5 aromatic rings. The number of hydrogen-bond acceptors (Lipinski definition) is 6. The lowest BCUT2D eigenvalue weighted by molar-refractivity contribution is -0.121. The van der Waals surface area contributed by atoms with Crippen LogP contribution in [-0.2, 0) is 17.8 Å². The van der Waals surface area contributed by atoms with Gasteiger partial charge in [-0.15, -0.1) is 11.3 Å². The number of aromatic nitrogens is 2. The van der Waals surface area contributed by atoms with Gasteiger partial charge in [0.2, 0.25) is 5.91 Å². The van der Waals surface area contributed by atoms with Gasteiger partial charge in [0.15, 0.2) is 11.5 Å². The highest BCUT2D eigenvalue weighted by atomic mass is 32.1. The number of fused-ring (bicyclic) bond motifs is 2. The fourth-order valence-corrected chi connectivity index (χ4v) is 5.36. The molecule has 0 aliphatic rings. The molecule has 0 aliphatic carbocycles. The van der Waals surface area contributed by atoms with Crippen LogP contribution in [0.5, 0.6) is 11.5 Å². The minimum absolute atomic E-state index is 0.0950. The van der Waals surface area contributed by atoms with Crippen LogP contribution in [0, 0.1) is 0 Å². The first-order chi connectivity index (χ1) is 18.6. The lowest BCUT2D eigenvalue weighted by atomic mass is 10.0. The Kier molecular flexibility index (Phi) is 7.70. The largest absolute Gasteiger partial charge is 0.490 e. The van der Waals surface area contributed by atoms with E-state index in [0.29, 0.717) is 47.9 Å². The Balaban J connectivity index is 1.29. The topological polar surface area (TPSA) is 82.5 Å². The van der Waals surface area contributed by atoms with Crippen LogP contribution in [0.3, 0.4) is 0 Å². The maximum atomic E-state index is 13.4. The van der Waals surface area contributed by atoms with E-state index in [1.165, 1.54) is 22.2 Å². The number of carbonyl (C=O) groups is 1. The van der Waals surface area contributed by atoms with Crippen LogP contribution in [0.4, 0.5) is 0 Å². The zero-order valence-electron chi connectivity index (χ0n) is 21.4. The van der Waals surface area contributed by atoms with Gasteiger partial charge in [0.05, 0.1) is 24.9 Å². The van der Waals surface area contributed by atoms with Crippen LogP contribution in [0.2, 0.25) is 0 Å². The fourth-order valence-electron chi connectivity index (χ4n) is 4.46. The van der Waals surface area contributed by atoms with Crippen molar-refractivity contribution >= 4 is 38.2 Å². The molecule has 0 spiro atoms. The SMILES string of the molecule is CCOc1ccc(CCNC(=O)Cn2cnc3scc(-c4ccc5ccccc5c4)c3c2=O)cc1OCC. The van der Waals surface area contributed by atoms with E-state index >= 15 is 0 Å². The van der Waals surface area contributed by atoms with Gasteiger partial charge in [-0.05, 0) is 60.4 Å². The number of nitrogens with one attached hydrogen (secondary N) is 1. The molecule has 1 N–H and O–H groups in total. The summed E-state index contributed by atoms with van der Waals surface area (Å²) in [4.78, 5) is 31.2. The zero-order valence-corrected chi connectivity index (χ0v) is 22.2. The van der Waals surface area contributed by atoms with Crippen LogP contribution in [0.1, 0.15) is 19.4 Å². The summed E-state index contributed by atoms with van der Waals surface area (Å²) in [5.74, 6) is 1.16. The second-order valence-electron chi connectivity index (χ2n) is 8.82. The Labute approximate surface area is 224 Å². The third-order valence-corrected chi connectivity index (χ3v) is 7.17. The molecule has 0 saturated carbocycles. The first-order valence-electron chi connectivity index (χ1n) is 12.7. The van der Waals surface area contributed by atoms with Crippen molar-refractivity contribution in [1.82, 2.24) is 14.9 Å². The summed E-state index contributed by atoms with van der Waals surface area (Å²) in [6.07, 6.45) is 2.08. The number of thiophene rings is 1. The van der Waals surface area contributed by atoms with Crippen molar-refractivity contribution in [2.45, 2.75) is 26.8 Å². The molecule has 5 rings (SSSR count). The first-order valence-corrected chi connectivity index (χ1v) is 13.6. The number of hydrogen-bond donors (Lipinski definition) is 1. The maximum absolute atomic E-state index is 13.4. The Hall–Kier alpha value is -4.17. The molecule has 0 saturated heterocycles. The standard InChI is InChI=1S/C30H29N3O4S/c1-3-36-25-12-9-20(15-26(25)37-4-2)13-14-31-27(34)17-33-19-32-29-28(30(33)35)24(18-38-29)23-11-10-21-7-5-6-8-22(21)16-23/h5-12,15-16,18-19H,3-4,13-14,17H2,1-2H3,(H,31,34). The zero-order chi connectivity index (χ0) is 26.5. The second-order valence-corrected chi connectivity index (χ2v) is 9.67. The Bertz CT molecular complexity index is 1660. The van der Waals surface area contributed by atoms with Crippen LogP contribution in [0.15, 0.2) is 77.2 Å². The van der Waals surface area contributed by atoms with Crippen molar-refractivity contribution in [2.75, 3.05) is 19.8 Å². The Morgan fingerprint density at radius 3 is 2.58 bits per heavy atom. The van der Waals surface area contributed by atoms with E-state index in [1.54, 1.807) is 0 Å². The average molecular weight is 528 g/mol. The number of nitrogens with zero attached hydrogens (tertiary/aromatic N) is 2. The summed E-state index contributed by atoms with van der Waals surface area (Å²) in [7, 11) is 0. The maximum Gasteiger partial charge on any atom is 0.263 e. The van der Waals surface area contributed by atoms with Gasteiger partial charge >= 0.3 is 0 Å². The third kappa shape index (κ3) is 5.40. The van der Waals surface area contributed by atoms with E-state index in [-0.39, 0.29) is 18.0 Å². The number of carbonyl (C=O) groups excluding carboxylic acids is 1. The molecular formula is C30H29N3O4S. The molecule has 2 heterocycles. The molecule has 38 heavy (non-hydrogen) atoms. The summed E-state index contributed by atoms with van der Waals surface area (Å²) in [5.41, 5.74) is 2.60. The molecule has 194 valence electrons. The average Bonchev–Trinajstić information content (AvgIpc) is 3.37. The molecule has 0 aliphatic heterocycles. The van der Waals surface area contributed by atoms with E-state index in [9.17, 15) is 9.59 Å². The van der Waals surface area contributed by atoms with E-state index < -0.39 is 0 Å². The second kappa shape index (κ2) is 11.5. The molecule has 0 radical (unpaired) electrons. The van der Waals surface area contributed by atoms with Crippen molar-refractivity contribution in [3.63, 3.8) is 0 Å². The molecule has 1 amide bonds. The first kappa shape index (κ1) is 25.5. The summed E-state index contributed by atoms with van der Waals surface area (Å²) in [6.45, 7) is 5.30. The number of ether oxygens (including phenoxy) is 2. The number of rotatable bonds is 10. The van der Waals surface area contributed by atoms with E-state index in [4.69, 9.17) is 9.47 Å². The van der Waals surface area contributed by atoms with Gasteiger partial charge in [-0.2, -0.15) is 0 Å². The van der Waals surface area contributed by atoms with Gasteiger partial charge in [0, 0.05) is 17.5 Å². The summed E-state index contributed by atoms with van der Waals surface area (Å²) in [6, 6.07) is 20.1. The van der Waals surface area contributed by atoms with Gasteiger partial charge in [-0.25, -0.2) is 4.98 Å². The predicted molar refractivity (Wildman–Crippen MR) is 152 cm³/mol.